The van der Waals surface area contributed by atoms with Gasteiger partial charge in [0.25, 0.3) is 0 Å². The smallest absolute Gasteiger partial charge is 0.185 e. The van der Waals surface area contributed by atoms with Crippen LogP contribution in [0.25, 0.3) is 12.2 Å². The number of ketones is 2. The molecule has 0 saturated heterocycles. The van der Waals surface area contributed by atoms with Gasteiger partial charge in [0.2, 0.25) is 0 Å². The summed E-state index contributed by atoms with van der Waals surface area (Å²) in [4.78, 5) is 24.8. The van der Waals surface area contributed by atoms with Crippen LogP contribution >= 0.6 is 0 Å². The molecule has 4 N–H and O–H groups in total. The summed E-state index contributed by atoms with van der Waals surface area (Å²) in [7, 11) is 0. The van der Waals surface area contributed by atoms with Gasteiger partial charge in [0.05, 0.1) is 0 Å². The molecular weight excluding hydrogens is 384 g/mol. The monoisotopic (exact) mass is 402 g/mol. The molecule has 3 aromatic carbocycles. The van der Waals surface area contributed by atoms with Crippen LogP contribution < -0.4 is 0 Å². The lowest BCUT2D eigenvalue weighted by atomic mass is 10.0. The fourth-order valence-electron chi connectivity index (χ4n) is 2.70. The molecule has 6 heteroatoms. The van der Waals surface area contributed by atoms with Crippen LogP contribution in [0.2, 0.25) is 0 Å². The maximum absolute atomic E-state index is 12.4. The van der Waals surface area contributed by atoms with Gasteiger partial charge in [0.1, 0.15) is 23.0 Å². The number of benzene rings is 3. The van der Waals surface area contributed by atoms with Crippen molar-refractivity contribution in [3.63, 3.8) is 0 Å². The highest BCUT2D eigenvalue weighted by molar-refractivity contribution is 6.11. The summed E-state index contributed by atoms with van der Waals surface area (Å²) in [5.74, 6) is -1.22. The normalized spacial score (nSPS) is 11.2. The highest BCUT2D eigenvalue weighted by Crippen LogP contribution is 2.25. The molecule has 0 aromatic heterocycles. The maximum Gasteiger partial charge on any atom is 0.185 e. The number of hydrogen-bond donors (Lipinski definition) is 4. The molecule has 0 unspecified atom stereocenters. The third-order valence-electron chi connectivity index (χ3n) is 4.29. The van der Waals surface area contributed by atoms with E-state index in [0.717, 1.165) is 0 Å². The van der Waals surface area contributed by atoms with Crippen molar-refractivity contribution in [3.8, 4) is 23.0 Å². The molecule has 150 valence electrons. The molecule has 0 bridgehead atoms. The third kappa shape index (κ3) is 4.94. The summed E-state index contributed by atoms with van der Waals surface area (Å²) in [6.45, 7) is 0. The van der Waals surface area contributed by atoms with Gasteiger partial charge in [-0.25, -0.2) is 0 Å². The molecule has 3 rings (SSSR count). The SMILES string of the molecule is O=C(C=Cc1ccc(O)cc1O)c1cccc(C(=O)C=Cc2ccc(O)cc2O)c1. The quantitative estimate of drug-likeness (QED) is 0.361. The Kier molecular flexibility index (Phi) is 5.98. The van der Waals surface area contributed by atoms with E-state index in [0.29, 0.717) is 11.1 Å². The van der Waals surface area contributed by atoms with Gasteiger partial charge in [-0.3, -0.25) is 9.59 Å². The highest BCUT2D eigenvalue weighted by atomic mass is 16.3. The molecule has 0 amide bonds. The fraction of sp³-hybridized carbons (Fsp3) is 0. The molecule has 6 nitrogen and oxygen atoms in total. The van der Waals surface area contributed by atoms with Gasteiger partial charge >= 0.3 is 0 Å². The van der Waals surface area contributed by atoms with Gasteiger partial charge in [0.15, 0.2) is 11.6 Å². The minimum absolute atomic E-state index is 0.0872. The van der Waals surface area contributed by atoms with Crippen molar-refractivity contribution < 1.29 is 30.0 Å². The van der Waals surface area contributed by atoms with Gasteiger partial charge in [-0.15, -0.1) is 0 Å². The van der Waals surface area contributed by atoms with Crippen LogP contribution in [-0.2, 0) is 0 Å². The Labute approximate surface area is 172 Å². The third-order valence-corrected chi connectivity index (χ3v) is 4.29. The molecule has 0 atom stereocenters. The Morgan fingerprint density at radius 1 is 0.600 bits per heavy atom. The first-order valence-corrected chi connectivity index (χ1v) is 8.92. The van der Waals surface area contributed by atoms with Gasteiger partial charge in [0, 0.05) is 34.4 Å². The van der Waals surface area contributed by atoms with Crippen LogP contribution in [-0.4, -0.2) is 32.0 Å². The van der Waals surface area contributed by atoms with Gasteiger partial charge in [-0.2, -0.15) is 0 Å². The van der Waals surface area contributed by atoms with Crippen LogP contribution in [0.1, 0.15) is 31.8 Å². The molecule has 0 spiro atoms. The number of rotatable bonds is 6. The lowest BCUT2D eigenvalue weighted by Gasteiger charge is -2.02. The van der Waals surface area contributed by atoms with E-state index in [2.05, 4.69) is 0 Å². The van der Waals surface area contributed by atoms with Crippen molar-refractivity contribution in [1.82, 2.24) is 0 Å². The summed E-state index contributed by atoms with van der Waals surface area (Å²) in [6.07, 6.45) is 5.36. The topological polar surface area (TPSA) is 115 Å². The van der Waals surface area contributed by atoms with E-state index in [1.165, 1.54) is 66.8 Å². The Balaban J connectivity index is 1.76. The average molecular weight is 402 g/mol. The maximum atomic E-state index is 12.4. The molecule has 0 fully saturated rings. The summed E-state index contributed by atoms with van der Waals surface area (Å²) >= 11 is 0. The molecule has 30 heavy (non-hydrogen) atoms. The lowest BCUT2D eigenvalue weighted by Crippen LogP contribution is -1.99. The van der Waals surface area contributed by atoms with E-state index in [4.69, 9.17) is 0 Å². The second kappa shape index (κ2) is 8.79. The van der Waals surface area contributed by atoms with E-state index in [-0.39, 0.29) is 45.7 Å². The standard InChI is InChI=1S/C24H18O6/c25-19-8-4-15(23(29)13-19)6-10-21(27)17-2-1-3-18(12-17)22(28)11-7-16-5-9-20(26)14-24(16)30/h1-14,25-26,29-30H. The molecule has 0 aliphatic rings. The zero-order valence-electron chi connectivity index (χ0n) is 15.7. The van der Waals surface area contributed by atoms with Crippen LogP contribution in [0.3, 0.4) is 0 Å². The molecular formula is C24H18O6. The number of allylic oxidation sites excluding steroid dienone is 2. The van der Waals surface area contributed by atoms with Crippen LogP contribution in [0.5, 0.6) is 23.0 Å². The van der Waals surface area contributed by atoms with Crippen LogP contribution in [0.4, 0.5) is 0 Å². The van der Waals surface area contributed by atoms with Crippen molar-refractivity contribution in [1.29, 1.82) is 0 Å². The highest BCUT2D eigenvalue weighted by Gasteiger charge is 2.08. The van der Waals surface area contributed by atoms with E-state index < -0.39 is 0 Å². The molecule has 0 aliphatic carbocycles. The summed E-state index contributed by atoms with van der Waals surface area (Å²) in [6, 6.07) is 14.2. The van der Waals surface area contributed by atoms with Crippen molar-refractivity contribution in [2.45, 2.75) is 0 Å². The van der Waals surface area contributed by atoms with Crippen molar-refractivity contribution in [2.24, 2.45) is 0 Å². The largest absolute Gasteiger partial charge is 0.508 e. The minimum Gasteiger partial charge on any atom is -0.508 e. The summed E-state index contributed by atoms with van der Waals surface area (Å²) in [5.41, 5.74) is 1.31. The Bertz CT molecular complexity index is 1090. The first-order chi connectivity index (χ1) is 14.3. The number of hydrogen-bond acceptors (Lipinski definition) is 6. The predicted octanol–water partition coefficient (Wildman–Crippen LogP) is 4.30. The van der Waals surface area contributed by atoms with Crippen molar-refractivity contribution >= 4 is 23.7 Å². The summed E-state index contributed by atoms with van der Waals surface area (Å²) in [5, 5.41) is 38.2. The van der Waals surface area contributed by atoms with E-state index in [1.54, 1.807) is 18.2 Å². The minimum atomic E-state index is -0.364. The second-order valence-electron chi connectivity index (χ2n) is 6.46. The fourth-order valence-corrected chi connectivity index (χ4v) is 2.70. The first kappa shape index (κ1) is 20.4. The molecule has 0 aliphatic heterocycles. The predicted molar refractivity (Wildman–Crippen MR) is 113 cm³/mol. The zero-order valence-corrected chi connectivity index (χ0v) is 15.7. The van der Waals surface area contributed by atoms with Gasteiger partial charge in [-0.1, -0.05) is 18.2 Å². The number of phenolic OH excluding ortho intramolecular Hbond substituents is 4. The van der Waals surface area contributed by atoms with Crippen LogP contribution in [0.15, 0.2) is 72.8 Å². The average Bonchev–Trinajstić information content (AvgIpc) is 2.72. The Hall–Kier alpha value is -4.32. The Morgan fingerprint density at radius 2 is 1.03 bits per heavy atom. The lowest BCUT2D eigenvalue weighted by molar-refractivity contribution is 0.104. The number of aromatic hydroxyl groups is 4. The zero-order chi connectivity index (χ0) is 21.7. The van der Waals surface area contributed by atoms with Crippen molar-refractivity contribution in [2.75, 3.05) is 0 Å². The molecule has 0 saturated carbocycles. The number of phenols is 4. The molecule has 0 radical (unpaired) electrons. The number of carbonyl (C=O) groups is 2. The number of carbonyl (C=O) groups excluding carboxylic acids is 2. The van der Waals surface area contributed by atoms with E-state index in [9.17, 15) is 30.0 Å². The second-order valence-corrected chi connectivity index (χ2v) is 6.46. The van der Waals surface area contributed by atoms with Crippen molar-refractivity contribution in [3.05, 3.63) is 95.1 Å². The Morgan fingerprint density at radius 3 is 1.43 bits per heavy atom. The van der Waals surface area contributed by atoms with E-state index in [1.807, 2.05) is 0 Å². The summed E-state index contributed by atoms with van der Waals surface area (Å²) < 4.78 is 0. The molecule has 3 aromatic rings. The van der Waals surface area contributed by atoms with E-state index >= 15 is 0 Å². The van der Waals surface area contributed by atoms with Gasteiger partial charge in [-0.05, 0) is 54.6 Å². The van der Waals surface area contributed by atoms with Crippen LogP contribution in [0, 0.1) is 0 Å². The first-order valence-electron chi connectivity index (χ1n) is 8.92. The van der Waals surface area contributed by atoms with Gasteiger partial charge < -0.3 is 20.4 Å². The molecule has 0 heterocycles.